The maximum absolute atomic E-state index is 5.40. The fourth-order valence-electron chi connectivity index (χ4n) is 1.29. The molecule has 13 heavy (non-hydrogen) atoms. The molecule has 2 heteroatoms. The highest BCUT2D eigenvalue weighted by Crippen LogP contribution is 2.20. The Morgan fingerprint density at radius 3 is 2.69 bits per heavy atom. The number of nitrogens with one attached hydrogen (secondary N) is 1. The van der Waals surface area contributed by atoms with Gasteiger partial charge in [0.2, 0.25) is 0 Å². The molecule has 0 bridgehead atoms. The average molecular weight is 238 g/mol. The summed E-state index contributed by atoms with van der Waals surface area (Å²) in [4.78, 5) is 0. The van der Waals surface area contributed by atoms with Crippen molar-refractivity contribution in [2.24, 2.45) is 0 Å². The van der Waals surface area contributed by atoms with Crippen molar-refractivity contribution < 1.29 is 0 Å². The fourth-order valence-corrected chi connectivity index (χ4v) is 1.77. The van der Waals surface area contributed by atoms with E-state index in [0.29, 0.717) is 0 Å². The van der Waals surface area contributed by atoms with Gasteiger partial charge >= 0.3 is 0 Å². The summed E-state index contributed by atoms with van der Waals surface area (Å²) in [6.07, 6.45) is 5.40. The smallest absolute Gasteiger partial charge is 0.0943 e. The molecule has 1 aromatic carbocycles. The van der Waals surface area contributed by atoms with Gasteiger partial charge in [-0.3, -0.25) is 0 Å². The second-order valence-electron chi connectivity index (χ2n) is 2.89. The average Bonchev–Trinajstić information content (AvgIpc) is 2.10. The Labute approximate surface area is 87.7 Å². The number of hydrogen-bond donors (Lipinski definition) is 1. The van der Waals surface area contributed by atoms with Crippen LogP contribution in [-0.4, -0.2) is 7.05 Å². The molecule has 1 aromatic rings. The Bertz CT molecular complexity index is 338. The monoisotopic (exact) mass is 237 g/mol. The van der Waals surface area contributed by atoms with Crippen molar-refractivity contribution in [3.05, 3.63) is 33.8 Å². The van der Waals surface area contributed by atoms with E-state index in [1.54, 1.807) is 0 Å². The van der Waals surface area contributed by atoms with Gasteiger partial charge in [0.25, 0.3) is 0 Å². The van der Waals surface area contributed by atoms with E-state index in [-0.39, 0.29) is 6.04 Å². The molecule has 0 heterocycles. The lowest BCUT2D eigenvalue weighted by atomic mass is 10.0. The van der Waals surface area contributed by atoms with Crippen molar-refractivity contribution in [1.82, 2.24) is 5.32 Å². The number of terminal acetylenes is 1. The van der Waals surface area contributed by atoms with Crippen LogP contribution in [0.2, 0.25) is 0 Å². The summed E-state index contributed by atoms with van der Waals surface area (Å²) in [6.45, 7) is 2.06. The molecule has 0 spiro atoms. The molecule has 0 saturated carbocycles. The van der Waals surface area contributed by atoms with Crippen LogP contribution in [0.25, 0.3) is 0 Å². The van der Waals surface area contributed by atoms with E-state index in [9.17, 15) is 0 Å². The van der Waals surface area contributed by atoms with Crippen LogP contribution >= 0.6 is 15.9 Å². The predicted molar refractivity (Wildman–Crippen MR) is 59.5 cm³/mol. The normalized spacial score (nSPS) is 12.2. The summed E-state index contributed by atoms with van der Waals surface area (Å²) < 4.78 is 1.08. The van der Waals surface area contributed by atoms with Crippen LogP contribution in [0.1, 0.15) is 17.2 Å². The van der Waals surface area contributed by atoms with E-state index in [2.05, 4.69) is 40.2 Å². The van der Waals surface area contributed by atoms with Crippen molar-refractivity contribution in [3.63, 3.8) is 0 Å². The zero-order valence-electron chi connectivity index (χ0n) is 7.76. The number of rotatable bonds is 2. The Balaban J connectivity index is 3.09. The van der Waals surface area contributed by atoms with Crippen molar-refractivity contribution in [1.29, 1.82) is 0 Å². The molecule has 0 aliphatic rings. The first kappa shape index (κ1) is 10.3. The van der Waals surface area contributed by atoms with Crippen LogP contribution in [0.5, 0.6) is 0 Å². The molecular formula is C11H12BrN. The molecule has 0 amide bonds. The van der Waals surface area contributed by atoms with Crippen molar-refractivity contribution in [2.45, 2.75) is 13.0 Å². The van der Waals surface area contributed by atoms with Crippen LogP contribution in [0.4, 0.5) is 0 Å². The second-order valence-corrected chi connectivity index (χ2v) is 3.80. The van der Waals surface area contributed by atoms with Gasteiger partial charge in [0.15, 0.2) is 0 Å². The second kappa shape index (κ2) is 4.45. The Hall–Kier alpha value is -0.780. The third kappa shape index (κ3) is 2.33. The highest BCUT2D eigenvalue weighted by Gasteiger charge is 2.07. The summed E-state index contributed by atoms with van der Waals surface area (Å²) in [5, 5.41) is 3.08. The lowest BCUT2D eigenvalue weighted by Gasteiger charge is -2.12. The summed E-state index contributed by atoms with van der Waals surface area (Å²) in [7, 11) is 1.87. The number of halogens is 1. The number of benzene rings is 1. The lowest BCUT2D eigenvalue weighted by molar-refractivity contribution is 0.731. The van der Waals surface area contributed by atoms with E-state index < -0.39 is 0 Å². The standard InChI is InChI=1S/C11H12BrN/c1-4-11(13-3)10-6-5-9(12)7-8(10)2/h1,5-7,11,13H,2-3H3. The largest absolute Gasteiger partial charge is 0.303 e. The third-order valence-electron chi connectivity index (χ3n) is 2.00. The maximum atomic E-state index is 5.40. The van der Waals surface area contributed by atoms with Crippen molar-refractivity contribution >= 4 is 15.9 Å². The van der Waals surface area contributed by atoms with E-state index in [0.717, 1.165) is 10.0 Å². The van der Waals surface area contributed by atoms with E-state index in [1.807, 2.05) is 19.2 Å². The van der Waals surface area contributed by atoms with Gasteiger partial charge in [-0.05, 0) is 37.2 Å². The summed E-state index contributed by atoms with van der Waals surface area (Å²) >= 11 is 3.42. The van der Waals surface area contributed by atoms with Crippen molar-refractivity contribution in [3.8, 4) is 12.3 Å². The fraction of sp³-hybridized carbons (Fsp3) is 0.273. The first-order valence-electron chi connectivity index (χ1n) is 4.08. The minimum Gasteiger partial charge on any atom is -0.303 e. The minimum atomic E-state index is 0.00750. The molecule has 0 radical (unpaired) electrons. The predicted octanol–water partition coefficient (Wildman–Crippen LogP) is 2.65. The Kier molecular flexibility index (Phi) is 3.53. The quantitative estimate of drug-likeness (QED) is 0.781. The topological polar surface area (TPSA) is 12.0 Å². The van der Waals surface area contributed by atoms with Crippen molar-refractivity contribution in [2.75, 3.05) is 7.05 Å². The van der Waals surface area contributed by atoms with Crippen LogP contribution in [-0.2, 0) is 0 Å². The highest BCUT2D eigenvalue weighted by atomic mass is 79.9. The molecular weight excluding hydrogens is 226 g/mol. The molecule has 68 valence electrons. The minimum absolute atomic E-state index is 0.00750. The van der Waals surface area contributed by atoms with Gasteiger partial charge in [0.1, 0.15) is 0 Å². The van der Waals surface area contributed by atoms with Gasteiger partial charge in [-0.25, -0.2) is 0 Å². The molecule has 0 aliphatic heterocycles. The number of aryl methyl sites for hydroxylation is 1. The Morgan fingerprint density at radius 2 is 2.23 bits per heavy atom. The third-order valence-corrected chi connectivity index (χ3v) is 2.49. The van der Waals surface area contributed by atoms with Crippen LogP contribution in [0.3, 0.4) is 0 Å². The van der Waals surface area contributed by atoms with Gasteiger partial charge in [-0.1, -0.05) is 27.9 Å². The highest BCUT2D eigenvalue weighted by molar-refractivity contribution is 9.10. The molecule has 1 N–H and O–H groups in total. The van der Waals surface area contributed by atoms with Gasteiger partial charge < -0.3 is 5.32 Å². The first-order valence-corrected chi connectivity index (χ1v) is 4.87. The van der Waals surface area contributed by atoms with E-state index in [1.165, 1.54) is 5.56 Å². The van der Waals surface area contributed by atoms with Crippen LogP contribution in [0.15, 0.2) is 22.7 Å². The summed E-state index contributed by atoms with van der Waals surface area (Å²) in [6, 6.07) is 6.12. The zero-order chi connectivity index (χ0) is 9.84. The molecule has 0 fully saturated rings. The number of hydrogen-bond acceptors (Lipinski definition) is 1. The van der Waals surface area contributed by atoms with Gasteiger partial charge in [0, 0.05) is 4.47 Å². The maximum Gasteiger partial charge on any atom is 0.0943 e. The Morgan fingerprint density at radius 1 is 1.54 bits per heavy atom. The van der Waals surface area contributed by atoms with Gasteiger partial charge in [-0.15, -0.1) is 6.42 Å². The summed E-state index contributed by atoms with van der Waals surface area (Å²) in [5.74, 6) is 2.70. The molecule has 0 aliphatic carbocycles. The molecule has 0 saturated heterocycles. The lowest BCUT2D eigenvalue weighted by Crippen LogP contribution is -2.15. The van der Waals surface area contributed by atoms with Gasteiger partial charge in [0.05, 0.1) is 6.04 Å². The molecule has 1 atom stereocenters. The summed E-state index contributed by atoms with van der Waals surface area (Å²) in [5.41, 5.74) is 2.36. The van der Waals surface area contributed by atoms with Crippen LogP contribution in [0, 0.1) is 19.3 Å². The molecule has 1 unspecified atom stereocenters. The molecule has 0 aromatic heterocycles. The van der Waals surface area contributed by atoms with Crippen LogP contribution < -0.4 is 5.32 Å². The van der Waals surface area contributed by atoms with E-state index in [4.69, 9.17) is 6.42 Å². The SMILES string of the molecule is C#CC(NC)c1ccc(Br)cc1C. The zero-order valence-corrected chi connectivity index (χ0v) is 9.35. The van der Waals surface area contributed by atoms with Gasteiger partial charge in [-0.2, -0.15) is 0 Å². The first-order chi connectivity index (χ1) is 6.19. The molecule has 1 rings (SSSR count). The van der Waals surface area contributed by atoms with E-state index >= 15 is 0 Å². The molecule has 1 nitrogen and oxygen atoms in total.